The number of nitrogens with two attached hydrogens (primary N) is 2. The van der Waals surface area contributed by atoms with Gasteiger partial charge in [0.1, 0.15) is 6.61 Å². The first-order chi connectivity index (χ1) is 7.59. The van der Waals surface area contributed by atoms with E-state index in [0.29, 0.717) is 18.8 Å². The number of primary amides is 1. The molecule has 0 aromatic heterocycles. The number of ether oxygens (including phenoxy) is 1. The van der Waals surface area contributed by atoms with E-state index in [1.807, 2.05) is 12.1 Å². The van der Waals surface area contributed by atoms with Gasteiger partial charge in [0.2, 0.25) is 5.91 Å². The van der Waals surface area contributed by atoms with E-state index in [4.69, 9.17) is 16.2 Å². The second kappa shape index (κ2) is 6.34. The van der Waals surface area contributed by atoms with Crippen molar-refractivity contribution >= 4 is 33.2 Å². The Hall–Kier alpha value is -1.27. The third-order valence-electron chi connectivity index (χ3n) is 1.82. The largest absolute Gasteiger partial charge is 0.397 e. The lowest BCUT2D eigenvalue weighted by Gasteiger charge is -2.09. The second-order valence-electron chi connectivity index (χ2n) is 3.18. The maximum absolute atomic E-state index is 10.4. The number of benzene rings is 1. The number of rotatable bonds is 6. The molecule has 0 heterocycles. The standard InChI is InChI=1S/C10H14BrN3O2/c11-7-1-2-8(12)9(5-7)14-3-4-16-6-10(13)15/h1-2,5,14H,3-4,6,12H2,(H2,13,15). The van der Waals surface area contributed by atoms with Gasteiger partial charge in [-0.3, -0.25) is 4.79 Å². The number of nitrogen functional groups attached to an aromatic ring is 1. The molecule has 5 nitrogen and oxygen atoms in total. The van der Waals surface area contributed by atoms with E-state index < -0.39 is 5.91 Å². The molecule has 1 aromatic carbocycles. The fourth-order valence-electron chi connectivity index (χ4n) is 1.11. The van der Waals surface area contributed by atoms with Crippen LogP contribution in [0.1, 0.15) is 0 Å². The van der Waals surface area contributed by atoms with Gasteiger partial charge in [0.15, 0.2) is 0 Å². The highest BCUT2D eigenvalue weighted by Gasteiger charge is 1.99. The van der Waals surface area contributed by atoms with Gasteiger partial charge in [-0.2, -0.15) is 0 Å². The van der Waals surface area contributed by atoms with Gasteiger partial charge in [0.25, 0.3) is 0 Å². The van der Waals surface area contributed by atoms with Crippen LogP contribution in [-0.2, 0) is 9.53 Å². The van der Waals surface area contributed by atoms with Crippen LogP contribution in [-0.4, -0.2) is 25.7 Å². The Morgan fingerprint density at radius 3 is 2.94 bits per heavy atom. The Labute approximate surface area is 102 Å². The number of carbonyl (C=O) groups excluding carboxylic acids is 1. The molecule has 88 valence electrons. The molecule has 0 bridgehead atoms. The van der Waals surface area contributed by atoms with Crippen molar-refractivity contribution in [2.75, 3.05) is 30.8 Å². The number of anilines is 2. The summed E-state index contributed by atoms with van der Waals surface area (Å²) in [5.41, 5.74) is 12.2. The first kappa shape index (κ1) is 12.8. The van der Waals surface area contributed by atoms with Crippen LogP contribution in [0.4, 0.5) is 11.4 Å². The highest BCUT2D eigenvalue weighted by molar-refractivity contribution is 9.10. The molecule has 0 aliphatic rings. The van der Waals surface area contributed by atoms with Crippen molar-refractivity contribution < 1.29 is 9.53 Å². The molecule has 0 fully saturated rings. The van der Waals surface area contributed by atoms with E-state index in [0.717, 1.165) is 10.2 Å². The van der Waals surface area contributed by atoms with Crippen LogP contribution >= 0.6 is 15.9 Å². The molecule has 0 saturated heterocycles. The maximum atomic E-state index is 10.4. The summed E-state index contributed by atoms with van der Waals surface area (Å²) in [5, 5.41) is 3.10. The predicted octanol–water partition coefficient (Wildman–Crippen LogP) is 0.945. The summed E-state index contributed by atoms with van der Waals surface area (Å²) in [6.07, 6.45) is 0. The minimum atomic E-state index is -0.470. The zero-order chi connectivity index (χ0) is 12.0. The molecule has 0 unspecified atom stereocenters. The molecule has 16 heavy (non-hydrogen) atoms. The molecule has 1 aromatic rings. The topological polar surface area (TPSA) is 90.4 Å². The van der Waals surface area contributed by atoms with Gasteiger partial charge in [-0.15, -0.1) is 0 Å². The zero-order valence-electron chi connectivity index (χ0n) is 8.70. The first-order valence-electron chi connectivity index (χ1n) is 4.74. The average molecular weight is 288 g/mol. The molecule has 0 aliphatic heterocycles. The monoisotopic (exact) mass is 287 g/mol. The van der Waals surface area contributed by atoms with E-state index in [-0.39, 0.29) is 6.61 Å². The van der Waals surface area contributed by atoms with E-state index in [9.17, 15) is 4.79 Å². The van der Waals surface area contributed by atoms with Crippen LogP contribution in [0.3, 0.4) is 0 Å². The number of amides is 1. The molecule has 1 rings (SSSR count). The van der Waals surface area contributed by atoms with Gasteiger partial charge in [0.05, 0.1) is 18.0 Å². The van der Waals surface area contributed by atoms with Gasteiger partial charge < -0.3 is 21.5 Å². The highest BCUT2D eigenvalue weighted by atomic mass is 79.9. The maximum Gasteiger partial charge on any atom is 0.243 e. The number of hydrogen-bond donors (Lipinski definition) is 3. The summed E-state index contributed by atoms with van der Waals surface area (Å²) in [5.74, 6) is -0.470. The lowest BCUT2D eigenvalue weighted by molar-refractivity contribution is -0.122. The van der Waals surface area contributed by atoms with Crippen molar-refractivity contribution in [2.24, 2.45) is 5.73 Å². The lowest BCUT2D eigenvalue weighted by Crippen LogP contribution is -2.20. The Morgan fingerprint density at radius 2 is 2.25 bits per heavy atom. The Morgan fingerprint density at radius 1 is 1.50 bits per heavy atom. The third kappa shape index (κ3) is 4.50. The second-order valence-corrected chi connectivity index (χ2v) is 4.09. The number of hydrogen-bond acceptors (Lipinski definition) is 4. The third-order valence-corrected chi connectivity index (χ3v) is 2.31. The minimum Gasteiger partial charge on any atom is -0.397 e. The summed E-state index contributed by atoms with van der Waals surface area (Å²) < 4.78 is 5.94. The van der Waals surface area contributed by atoms with Crippen molar-refractivity contribution in [2.45, 2.75) is 0 Å². The van der Waals surface area contributed by atoms with E-state index in [2.05, 4.69) is 21.2 Å². The average Bonchev–Trinajstić information content (AvgIpc) is 2.22. The van der Waals surface area contributed by atoms with Crippen LogP contribution in [0.2, 0.25) is 0 Å². The van der Waals surface area contributed by atoms with Gasteiger partial charge in [-0.25, -0.2) is 0 Å². The van der Waals surface area contributed by atoms with Gasteiger partial charge >= 0.3 is 0 Å². The van der Waals surface area contributed by atoms with Crippen LogP contribution in [0.5, 0.6) is 0 Å². The van der Waals surface area contributed by atoms with Gasteiger partial charge in [0, 0.05) is 11.0 Å². The molecule has 6 heteroatoms. The molecule has 5 N–H and O–H groups in total. The van der Waals surface area contributed by atoms with Crippen LogP contribution < -0.4 is 16.8 Å². The van der Waals surface area contributed by atoms with Gasteiger partial charge in [-0.1, -0.05) is 15.9 Å². The van der Waals surface area contributed by atoms with Crippen molar-refractivity contribution in [1.82, 2.24) is 0 Å². The molecule has 0 atom stereocenters. The summed E-state index contributed by atoms with van der Waals surface area (Å²) in [6.45, 7) is 0.901. The SMILES string of the molecule is NC(=O)COCCNc1cc(Br)ccc1N. The number of halogens is 1. The first-order valence-corrected chi connectivity index (χ1v) is 5.54. The predicted molar refractivity (Wildman–Crippen MR) is 67.1 cm³/mol. The fraction of sp³-hybridized carbons (Fsp3) is 0.300. The Kier molecular flexibility index (Phi) is 5.07. The van der Waals surface area contributed by atoms with Crippen molar-refractivity contribution in [3.63, 3.8) is 0 Å². The molecule has 1 amide bonds. The normalized spacial score (nSPS) is 10.1. The van der Waals surface area contributed by atoms with Crippen LogP contribution in [0.15, 0.2) is 22.7 Å². The lowest BCUT2D eigenvalue weighted by atomic mass is 10.3. The quantitative estimate of drug-likeness (QED) is 0.537. The smallest absolute Gasteiger partial charge is 0.243 e. The van der Waals surface area contributed by atoms with E-state index >= 15 is 0 Å². The van der Waals surface area contributed by atoms with Crippen molar-refractivity contribution in [1.29, 1.82) is 0 Å². The molecular formula is C10H14BrN3O2. The Balaban J connectivity index is 2.31. The summed E-state index contributed by atoms with van der Waals surface area (Å²) in [4.78, 5) is 10.4. The Bertz CT molecular complexity index is 371. The zero-order valence-corrected chi connectivity index (χ0v) is 10.3. The highest BCUT2D eigenvalue weighted by Crippen LogP contribution is 2.22. The molecule has 0 saturated carbocycles. The number of nitrogens with one attached hydrogen (secondary N) is 1. The molecule has 0 radical (unpaired) electrons. The summed E-state index contributed by atoms with van der Waals surface area (Å²) >= 11 is 3.35. The van der Waals surface area contributed by atoms with Gasteiger partial charge in [-0.05, 0) is 18.2 Å². The van der Waals surface area contributed by atoms with E-state index in [1.165, 1.54) is 0 Å². The summed E-state index contributed by atoms with van der Waals surface area (Å²) in [6, 6.07) is 5.55. The summed E-state index contributed by atoms with van der Waals surface area (Å²) in [7, 11) is 0. The molecule has 0 aliphatic carbocycles. The van der Waals surface area contributed by atoms with Crippen LogP contribution in [0.25, 0.3) is 0 Å². The minimum absolute atomic E-state index is 0.0599. The van der Waals surface area contributed by atoms with Crippen LogP contribution in [0, 0.1) is 0 Å². The number of carbonyl (C=O) groups is 1. The van der Waals surface area contributed by atoms with Crippen molar-refractivity contribution in [3.8, 4) is 0 Å². The fourth-order valence-corrected chi connectivity index (χ4v) is 1.47. The van der Waals surface area contributed by atoms with Crippen molar-refractivity contribution in [3.05, 3.63) is 22.7 Å². The molecule has 0 spiro atoms. The van der Waals surface area contributed by atoms with E-state index in [1.54, 1.807) is 6.07 Å². The molecular weight excluding hydrogens is 274 g/mol.